The molecule has 2 aromatic carbocycles. The van der Waals surface area contributed by atoms with Gasteiger partial charge in [0.05, 0.1) is 18.4 Å². The SMILES string of the molecule is O=C(Nc1cnn(Cc2c(Cl)cccc2Cl)c1)c1ccc(Br)cc1. The highest BCUT2D eigenvalue weighted by atomic mass is 79.9. The Kier molecular flexibility index (Phi) is 5.23. The Labute approximate surface area is 157 Å². The van der Waals surface area contributed by atoms with E-state index >= 15 is 0 Å². The number of carbonyl (C=O) groups excluding carboxylic acids is 1. The molecular weight excluding hydrogens is 413 g/mol. The van der Waals surface area contributed by atoms with E-state index in [1.54, 1.807) is 47.4 Å². The summed E-state index contributed by atoms with van der Waals surface area (Å²) in [5.74, 6) is -0.196. The summed E-state index contributed by atoms with van der Waals surface area (Å²) < 4.78 is 2.59. The summed E-state index contributed by atoms with van der Waals surface area (Å²) in [5, 5.41) is 8.21. The van der Waals surface area contributed by atoms with Gasteiger partial charge in [0.1, 0.15) is 0 Å². The van der Waals surface area contributed by atoms with Gasteiger partial charge in [-0.3, -0.25) is 9.48 Å². The third-order valence-electron chi connectivity index (χ3n) is 3.38. The van der Waals surface area contributed by atoms with Crippen molar-refractivity contribution in [3.05, 3.63) is 80.5 Å². The van der Waals surface area contributed by atoms with Crippen molar-refractivity contribution in [3.8, 4) is 0 Å². The largest absolute Gasteiger partial charge is 0.319 e. The second kappa shape index (κ2) is 7.38. The third-order valence-corrected chi connectivity index (χ3v) is 4.62. The maximum atomic E-state index is 12.2. The highest BCUT2D eigenvalue weighted by molar-refractivity contribution is 9.10. The minimum absolute atomic E-state index is 0.196. The quantitative estimate of drug-likeness (QED) is 0.621. The Morgan fingerprint density at radius 3 is 2.46 bits per heavy atom. The summed E-state index contributed by atoms with van der Waals surface area (Å²) in [5.41, 5.74) is 1.96. The number of hydrogen-bond donors (Lipinski definition) is 1. The van der Waals surface area contributed by atoms with Crippen molar-refractivity contribution >= 4 is 50.7 Å². The van der Waals surface area contributed by atoms with E-state index in [2.05, 4.69) is 26.3 Å². The van der Waals surface area contributed by atoms with E-state index in [1.165, 1.54) is 0 Å². The molecule has 0 saturated heterocycles. The smallest absolute Gasteiger partial charge is 0.255 e. The van der Waals surface area contributed by atoms with Gasteiger partial charge >= 0.3 is 0 Å². The van der Waals surface area contributed by atoms with Gasteiger partial charge in [0.15, 0.2) is 0 Å². The number of carbonyl (C=O) groups is 1. The monoisotopic (exact) mass is 423 g/mol. The molecule has 1 amide bonds. The Morgan fingerprint density at radius 1 is 1.12 bits per heavy atom. The molecule has 0 aliphatic carbocycles. The maximum Gasteiger partial charge on any atom is 0.255 e. The van der Waals surface area contributed by atoms with Crippen LogP contribution in [-0.4, -0.2) is 15.7 Å². The molecule has 0 radical (unpaired) electrons. The average molecular weight is 425 g/mol. The zero-order valence-electron chi connectivity index (χ0n) is 12.3. The van der Waals surface area contributed by atoms with E-state index in [1.807, 2.05) is 12.1 Å². The van der Waals surface area contributed by atoms with Crippen LogP contribution in [0.25, 0.3) is 0 Å². The number of aromatic nitrogens is 2. The zero-order valence-corrected chi connectivity index (χ0v) is 15.4. The Hall–Kier alpha value is -1.82. The topological polar surface area (TPSA) is 46.9 Å². The van der Waals surface area contributed by atoms with Crippen LogP contribution in [0.3, 0.4) is 0 Å². The lowest BCUT2D eigenvalue weighted by atomic mass is 10.2. The van der Waals surface area contributed by atoms with Gasteiger partial charge < -0.3 is 5.32 Å². The molecule has 0 spiro atoms. The molecule has 1 aromatic heterocycles. The van der Waals surface area contributed by atoms with Crippen LogP contribution < -0.4 is 5.32 Å². The summed E-state index contributed by atoms with van der Waals surface area (Å²) >= 11 is 15.7. The molecule has 0 saturated carbocycles. The number of hydrogen-bond acceptors (Lipinski definition) is 2. The highest BCUT2D eigenvalue weighted by Gasteiger charge is 2.10. The van der Waals surface area contributed by atoms with Crippen LogP contribution in [0, 0.1) is 0 Å². The van der Waals surface area contributed by atoms with Crippen LogP contribution in [0.1, 0.15) is 15.9 Å². The first-order chi connectivity index (χ1) is 11.5. The lowest BCUT2D eigenvalue weighted by Gasteiger charge is -2.06. The summed E-state index contributed by atoms with van der Waals surface area (Å²) in [6.45, 7) is 0.423. The molecule has 24 heavy (non-hydrogen) atoms. The fourth-order valence-corrected chi connectivity index (χ4v) is 2.95. The van der Waals surface area contributed by atoms with Crippen molar-refractivity contribution in [1.82, 2.24) is 9.78 Å². The summed E-state index contributed by atoms with van der Waals surface area (Å²) in [4.78, 5) is 12.2. The van der Waals surface area contributed by atoms with Crippen molar-refractivity contribution in [2.45, 2.75) is 6.54 Å². The molecule has 1 N–H and O–H groups in total. The fraction of sp³-hybridized carbons (Fsp3) is 0.0588. The molecule has 1 heterocycles. The molecule has 3 rings (SSSR count). The van der Waals surface area contributed by atoms with Crippen LogP contribution in [0.5, 0.6) is 0 Å². The van der Waals surface area contributed by atoms with Gasteiger partial charge in [-0.2, -0.15) is 5.10 Å². The fourth-order valence-electron chi connectivity index (χ4n) is 2.16. The molecule has 122 valence electrons. The molecule has 0 atom stereocenters. The third kappa shape index (κ3) is 3.98. The molecule has 0 fully saturated rings. The number of benzene rings is 2. The van der Waals surface area contributed by atoms with Crippen molar-refractivity contribution < 1.29 is 4.79 Å². The van der Waals surface area contributed by atoms with Gasteiger partial charge in [-0.25, -0.2) is 0 Å². The van der Waals surface area contributed by atoms with E-state index in [9.17, 15) is 4.79 Å². The van der Waals surface area contributed by atoms with Gasteiger partial charge in [0.2, 0.25) is 0 Å². The number of nitrogens with one attached hydrogen (secondary N) is 1. The Bertz CT molecular complexity index is 858. The Morgan fingerprint density at radius 2 is 1.79 bits per heavy atom. The molecule has 7 heteroatoms. The molecular formula is C17H12BrCl2N3O. The van der Waals surface area contributed by atoms with Gasteiger partial charge in [0, 0.05) is 31.8 Å². The second-order valence-corrected chi connectivity index (χ2v) is 6.82. The van der Waals surface area contributed by atoms with E-state index < -0.39 is 0 Å². The lowest BCUT2D eigenvalue weighted by Crippen LogP contribution is -2.11. The normalized spacial score (nSPS) is 10.6. The average Bonchev–Trinajstić information content (AvgIpc) is 2.99. The molecule has 0 aliphatic heterocycles. The highest BCUT2D eigenvalue weighted by Crippen LogP contribution is 2.25. The molecule has 0 unspecified atom stereocenters. The molecule has 0 bridgehead atoms. The van der Waals surface area contributed by atoms with Crippen molar-refractivity contribution in [2.24, 2.45) is 0 Å². The van der Waals surface area contributed by atoms with Crippen molar-refractivity contribution in [2.75, 3.05) is 5.32 Å². The molecule has 4 nitrogen and oxygen atoms in total. The van der Waals surface area contributed by atoms with Crippen molar-refractivity contribution in [1.29, 1.82) is 0 Å². The predicted molar refractivity (Wildman–Crippen MR) is 99.9 cm³/mol. The molecule has 3 aromatic rings. The number of amides is 1. The first-order valence-corrected chi connectivity index (χ1v) is 8.60. The van der Waals surface area contributed by atoms with Gasteiger partial charge in [0.25, 0.3) is 5.91 Å². The standard InChI is InChI=1S/C17H12BrCl2N3O/c18-12-6-4-11(5-7-12)17(24)22-13-8-21-23(9-13)10-14-15(19)2-1-3-16(14)20/h1-9H,10H2,(H,22,24). The molecule has 0 aliphatic rings. The van der Waals surface area contributed by atoms with Gasteiger partial charge in [-0.1, -0.05) is 45.2 Å². The summed E-state index contributed by atoms with van der Waals surface area (Å²) in [7, 11) is 0. The minimum Gasteiger partial charge on any atom is -0.319 e. The zero-order chi connectivity index (χ0) is 17.1. The minimum atomic E-state index is -0.196. The van der Waals surface area contributed by atoms with E-state index in [0.717, 1.165) is 10.0 Å². The van der Waals surface area contributed by atoms with Crippen LogP contribution in [0.15, 0.2) is 59.3 Å². The van der Waals surface area contributed by atoms with Crippen LogP contribution in [-0.2, 0) is 6.54 Å². The predicted octanol–water partition coefficient (Wildman–Crippen LogP) is 5.25. The second-order valence-electron chi connectivity index (χ2n) is 5.09. The number of nitrogens with zero attached hydrogens (tertiary/aromatic N) is 2. The summed E-state index contributed by atoms with van der Waals surface area (Å²) in [6.07, 6.45) is 3.32. The van der Waals surface area contributed by atoms with Crippen LogP contribution >= 0.6 is 39.1 Å². The van der Waals surface area contributed by atoms with Crippen molar-refractivity contribution in [3.63, 3.8) is 0 Å². The summed E-state index contributed by atoms with van der Waals surface area (Å²) in [6, 6.07) is 12.5. The van der Waals surface area contributed by atoms with Crippen LogP contribution in [0.4, 0.5) is 5.69 Å². The number of rotatable bonds is 4. The maximum absolute atomic E-state index is 12.2. The first-order valence-electron chi connectivity index (χ1n) is 7.05. The van der Waals surface area contributed by atoms with Gasteiger partial charge in [-0.15, -0.1) is 0 Å². The van der Waals surface area contributed by atoms with E-state index in [4.69, 9.17) is 23.2 Å². The van der Waals surface area contributed by atoms with Gasteiger partial charge in [-0.05, 0) is 36.4 Å². The van der Waals surface area contributed by atoms with E-state index in [0.29, 0.717) is 27.8 Å². The number of halogens is 3. The van der Waals surface area contributed by atoms with Crippen LogP contribution in [0.2, 0.25) is 10.0 Å². The number of anilines is 1. The Balaban J connectivity index is 1.71. The first kappa shape index (κ1) is 17.0. The lowest BCUT2D eigenvalue weighted by molar-refractivity contribution is 0.102. The van der Waals surface area contributed by atoms with E-state index in [-0.39, 0.29) is 5.91 Å².